The number of allylic oxidation sites excluding steroid dienone is 1. The Labute approximate surface area is 88.6 Å². The molecule has 0 aromatic heterocycles. The number of nitrogens with one attached hydrogen (secondary N) is 1. The summed E-state index contributed by atoms with van der Waals surface area (Å²) in [5, 5.41) is 3.22. The number of anilines is 1. The zero-order valence-electron chi connectivity index (χ0n) is 8.23. The van der Waals surface area contributed by atoms with Crippen LogP contribution in [0.2, 0.25) is 5.02 Å². The normalized spacial score (nSPS) is 9.64. The molecule has 1 N–H and O–H groups in total. The number of carbonyl (C=O) groups is 1. The Morgan fingerprint density at radius 3 is 2.57 bits per heavy atom. The van der Waals surface area contributed by atoms with E-state index >= 15 is 0 Å². The summed E-state index contributed by atoms with van der Waals surface area (Å²) in [6.45, 7) is 7.15. The Hall–Kier alpha value is -1.28. The minimum Gasteiger partial charge on any atom is -0.325 e. The van der Waals surface area contributed by atoms with E-state index in [1.165, 1.54) is 6.92 Å². The number of para-hydroxylation sites is 1. The summed E-state index contributed by atoms with van der Waals surface area (Å²) in [5.74, 6) is -0.138. The van der Waals surface area contributed by atoms with E-state index in [4.69, 9.17) is 11.6 Å². The SMILES string of the molecule is C=C(C)c1cccc(Cl)c1NC(C)=O. The molecule has 0 radical (unpaired) electrons. The van der Waals surface area contributed by atoms with E-state index in [1.54, 1.807) is 6.07 Å². The maximum Gasteiger partial charge on any atom is 0.221 e. The van der Waals surface area contributed by atoms with Crippen LogP contribution in [-0.2, 0) is 4.79 Å². The summed E-state index contributed by atoms with van der Waals surface area (Å²) in [5.41, 5.74) is 2.37. The Bertz CT molecular complexity index is 385. The first-order chi connectivity index (χ1) is 6.52. The molecule has 1 amide bonds. The van der Waals surface area contributed by atoms with Gasteiger partial charge in [0.05, 0.1) is 10.7 Å². The fraction of sp³-hybridized carbons (Fsp3) is 0.182. The Morgan fingerprint density at radius 2 is 2.07 bits per heavy atom. The predicted octanol–water partition coefficient (Wildman–Crippen LogP) is 3.33. The molecular weight excluding hydrogens is 198 g/mol. The van der Waals surface area contributed by atoms with E-state index < -0.39 is 0 Å². The highest BCUT2D eigenvalue weighted by Gasteiger charge is 2.08. The molecular formula is C11H12ClNO. The number of benzene rings is 1. The molecule has 0 aliphatic rings. The lowest BCUT2D eigenvalue weighted by molar-refractivity contribution is -0.114. The van der Waals surface area contributed by atoms with Crippen LogP contribution in [0.1, 0.15) is 19.4 Å². The molecule has 0 saturated heterocycles. The van der Waals surface area contributed by atoms with Crippen molar-refractivity contribution in [1.82, 2.24) is 0 Å². The summed E-state index contributed by atoms with van der Waals surface area (Å²) >= 11 is 5.96. The fourth-order valence-corrected chi connectivity index (χ4v) is 1.40. The summed E-state index contributed by atoms with van der Waals surface area (Å²) < 4.78 is 0. The lowest BCUT2D eigenvalue weighted by Gasteiger charge is -2.11. The third-order valence-corrected chi connectivity index (χ3v) is 2.09. The number of carbonyl (C=O) groups excluding carboxylic acids is 1. The molecule has 0 unspecified atom stereocenters. The lowest BCUT2D eigenvalue weighted by Crippen LogP contribution is -2.08. The number of halogens is 1. The van der Waals surface area contributed by atoms with Gasteiger partial charge in [-0.1, -0.05) is 30.3 Å². The van der Waals surface area contributed by atoms with Crippen molar-refractivity contribution in [3.05, 3.63) is 35.4 Å². The maximum absolute atomic E-state index is 10.9. The quantitative estimate of drug-likeness (QED) is 0.796. The maximum atomic E-state index is 10.9. The van der Waals surface area contributed by atoms with Crippen LogP contribution in [0, 0.1) is 0 Å². The molecule has 2 nitrogen and oxygen atoms in total. The van der Waals surface area contributed by atoms with E-state index in [9.17, 15) is 4.79 Å². The van der Waals surface area contributed by atoms with Crippen molar-refractivity contribution in [1.29, 1.82) is 0 Å². The summed E-state index contributed by atoms with van der Waals surface area (Å²) in [4.78, 5) is 10.9. The van der Waals surface area contributed by atoms with E-state index in [0.717, 1.165) is 11.1 Å². The van der Waals surface area contributed by atoms with Gasteiger partial charge in [0.15, 0.2) is 0 Å². The van der Waals surface area contributed by atoms with Gasteiger partial charge < -0.3 is 5.32 Å². The van der Waals surface area contributed by atoms with Crippen LogP contribution in [-0.4, -0.2) is 5.91 Å². The van der Waals surface area contributed by atoms with Crippen molar-refractivity contribution in [2.75, 3.05) is 5.32 Å². The van der Waals surface area contributed by atoms with Crippen molar-refractivity contribution in [3.63, 3.8) is 0 Å². The van der Waals surface area contributed by atoms with Crippen LogP contribution < -0.4 is 5.32 Å². The van der Waals surface area contributed by atoms with Crippen LogP contribution >= 0.6 is 11.6 Å². The summed E-state index contributed by atoms with van der Waals surface area (Å²) in [6, 6.07) is 5.44. The number of hydrogen-bond acceptors (Lipinski definition) is 1. The van der Waals surface area contributed by atoms with Crippen molar-refractivity contribution >= 4 is 28.8 Å². The van der Waals surface area contributed by atoms with Gasteiger partial charge in [-0.05, 0) is 18.6 Å². The van der Waals surface area contributed by atoms with Gasteiger partial charge in [0, 0.05) is 12.5 Å². The predicted molar refractivity (Wildman–Crippen MR) is 60.5 cm³/mol. The summed E-state index contributed by atoms with van der Waals surface area (Å²) in [7, 11) is 0. The molecule has 1 aromatic rings. The fourth-order valence-electron chi connectivity index (χ4n) is 1.18. The van der Waals surface area contributed by atoms with Crippen LogP contribution in [0.15, 0.2) is 24.8 Å². The lowest BCUT2D eigenvalue weighted by atomic mass is 10.1. The minimum atomic E-state index is -0.138. The Kier molecular flexibility index (Phi) is 3.31. The first kappa shape index (κ1) is 10.8. The van der Waals surface area contributed by atoms with Crippen LogP contribution in [0.4, 0.5) is 5.69 Å². The van der Waals surface area contributed by atoms with E-state index in [-0.39, 0.29) is 5.91 Å². The van der Waals surface area contributed by atoms with Gasteiger partial charge >= 0.3 is 0 Å². The van der Waals surface area contributed by atoms with Gasteiger partial charge in [0.1, 0.15) is 0 Å². The molecule has 0 aliphatic carbocycles. The smallest absolute Gasteiger partial charge is 0.221 e. The van der Waals surface area contributed by atoms with Gasteiger partial charge in [0.2, 0.25) is 5.91 Å². The molecule has 0 spiro atoms. The van der Waals surface area contributed by atoms with E-state index in [0.29, 0.717) is 10.7 Å². The summed E-state index contributed by atoms with van der Waals surface area (Å²) in [6.07, 6.45) is 0. The van der Waals surface area contributed by atoms with Gasteiger partial charge in [-0.15, -0.1) is 0 Å². The van der Waals surface area contributed by atoms with Crippen molar-refractivity contribution < 1.29 is 4.79 Å². The molecule has 3 heteroatoms. The Balaban J connectivity index is 3.22. The number of amides is 1. The van der Waals surface area contributed by atoms with Gasteiger partial charge in [-0.25, -0.2) is 0 Å². The average molecular weight is 210 g/mol. The highest BCUT2D eigenvalue weighted by molar-refractivity contribution is 6.34. The average Bonchev–Trinajstić information content (AvgIpc) is 2.07. The second kappa shape index (κ2) is 4.29. The highest BCUT2D eigenvalue weighted by atomic mass is 35.5. The van der Waals surface area contributed by atoms with E-state index in [2.05, 4.69) is 11.9 Å². The number of rotatable bonds is 2. The van der Waals surface area contributed by atoms with Crippen molar-refractivity contribution in [2.45, 2.75) is 13.8 Å². The highest BCUT2D eigenvalue weighted by Crippen LogP contribution is 2.29. The zero-order chi connectivity index (χ0) is 10.7. The second-order valence-electron chi connectivity index (χ2n) is 3.12. The largest absolute Gasteiger partial charge is 0.325 e. The van der Waals surface area contributed by atoms with Crippen LogP contribution in [0.5, 0.6) is 0 Å². The standard InChI is InChI=1S/C11H12ClNO/c1-7(2)9-5-4-6-10(12)11(9)13-8(3)14/h4-6H,1H2,2-3H3,(H,13,14). The van der Waals surface area contributed by atoms with Crippen LogP contribution in [0.25, 0.3) is 5.57 Å². The first-order valence-electron chi connectivity index (χ1n) is 4.24. The van der Waals surface area contributed by atoms with Gasteiger partial charge in [-0.3, -0.25) is 4.79 Å². The molecule has 1 rings (SSSR count). The molecule has 0 saturated carbocycles. The molecule has 14 heavy (non-hydrogen) atoms. The second-order valence-corrected chi connectivity index (χ2v) is 3.53. The zero-order valence-corrected chi connectivity index (χ0v) is 8.98. The molecule has 1 aromatic carbocycles. The third kappa shape index (κ3) is 2.36. The molecule has 0 bridgehead atoms. The molecule has 74 valence electrons. The topological polar surface area (TPSA) is 29.1 Å². The molecule has 0 fully saturated rings. The molecule has 0 atom stereocenters. The Morgan fingerprint density at radius 1 is 1.43 bits per heavy atom. The van der Waals surface area contributed by atoms with Crippen molar-refractivity contribution in [2.24, 2.45) is 0 Å². The van der Waals surface area contributed by atoms with Gasteiger partial charge in [-0.2, -0.15) is 0 Å². The first-order valence-corrected chi connectivity index (χ1v) is 4.62. The van der Waals surface area contributed by atoms with E-state index in [1.807, 2.05) is 19.1 Å². The van der Waals surface area contributed by atoms with Crippen molar-refractivity contribution in [3.8, 4) is 0 Å². The molecule has 0 aliphatic heterocycles. The van der Waals surface area contributed by atoms with Crippen LogP contribution in [0.3, 0.4) is 0 Å². The third-order valence-electron chi connectivity index (χ3n) is 1.77. The molecule has 0 heterocycles. The monoisotopic (exact) mass is 209 g/mol. The number of hydrogen-bond donors (Lipinski definition) is 1. The van der Waals surface area contributed by atoms with Gasteiger partial charge in [0.25, 0.3) is 0 Å². The minimum absolute atomic E-state index is 0.138.